The van der Waals surface area contributed by atoms with E-state index in [1.807, 2.05) is 0 Å². The molecule has 1 aromatic heterocycles. The second-order valence-electron chi connectivity index (χ2n) is 4.18. The van der Waals surface area contributed by atoms with Crippen molar-refractivity contribution in [1.82, 2.24) is 4.98 Å². The molecule has 0 unspecified atom stereocenters. The average molecular weight is 371 g/mol. The van der Waals surface area contributed by atoms with E-state index in [-0.39, 0.29) is 16.5 Å². The Morgan fingerprint density at radius 1 is 1.43 bits per heavy atom. The second-order valence-corrected chi connectivity index (χ2v) is 5.42. The van der Waals surface area contributed by atoms with Gasteiger partial charge in [-0.1, -0.05) is 17.7 Å². The van der Waals surface area contributed by atoms with Crippen LogP contribution >= 0.6 is 27.5 Å². The van der Waals surface area contributed by atoms with Crippen molar-refractivity contribution in [2.45, 2.75) is 6.92 Å². The van der Waals surface area contributed by atoms with Crippen molar-refractivity contribution in [3.8, 4) is 0 Å². The number of nitro benzene ring substituents is 1. The number of nitrogens with zero attached hydrogens (tertiary/aromatic N) is 2. The molecule has 1 heterocycles. The lowest BCUT2D eigenvalue weighted by Gasteiger charge is -2.08. The number of aryl methyl sites for hydroxylation is 1. The van der Waals surface area contributed by atoms with E-state index >= 15 is 0 Å². The number of nitro groups is 1. The third-order valence-electron chi connectivity index (χ3n) is 2.68. The molecule has 6 nitrogen and oxygen atoms in total. The van der Waals surface area contributed by atoms with E-state index in [0.717, 1.165) is 0 Å². The maximum absolute atomic E-state index is 12.1. The second kappa shape index (κ2) is 6.19. The molecule has 1 N–H and O–H groups in total. The maximum atomic E-state index is 12.1. The number of anilines is 1. The maximum Gasteiger partial charge on any atom is 0.274 e. The fourth-order valence-electron chi connectivity index (χ4n) is 1.67. The third kappa shape index (κ3) is 3.56. The molecule has 21 heavy (non-hydrogen) atoms. The lowest BCUT2D eigenvalue weighted by Crippen LogP contribution is -2.14. The number of carbonyl (C=O) groups excluding carboxylic acids is 1. The number of rotatable bonds is 3. The summed E-state index contributed by atoms with van der Waals surface area (Å²) in [6.45, 7) is 1.62. The molecule has 0 radical (unpaired) electrons. The monoisotopic (exact) mass is 369 g/mol. The Balaban J connectivity index is 2.33. The highest BCUT2D eigenvalue weighted by Gasteiger charge is 2.17. The number of aromatic nitrogens is 1. The molecule has 2 rings (SSSR count). The average Bonchev–Trinajstić information content (AvgIpc) is 2.41. The van der Waals surface area contributed by atoms with Crippen LogP contribution in [0.25, 0.3) is 0 Å². The number of carbonyl (C=O) groups is 1. The van der Waals surface area contributed by atoms with E-state index in [9.17, 15) is 14.9 Å². The van der Waals surface area contributed by atoms with Crippen LogP contribution < -0.4 is 5.32 Å². The van der Waals surface area contributed by atoms with Crippen molar-refractivity contribution in [1.29, 1.82) is 0 Å². The van der Waals surface area contributed by atoms with Gasteiger partial charge < -0.3 is 5.32 Å². The minimum Gasteiger partial charge on any atom is -0.319 e. The van der Waals surface area contributed by atoms with Crippen molar-refractivity contribution in [3.05, 3.63) is 61.3 Å². The smallest absolute Gasteiger partial charge is 0.274 e. The summed E-state index contributed by atoms with van der Waals surface area (Å²) in [5.41, 5.74) is 0.829. The van der Waals surface area contributed by atoms with Crippen molar-refractivity contribution >= 4 is 44.8 Å². The first-order chi connectivity index (χ1) is 9.88. The van der Waals surface area contributed by atoms with Crippen LogP contribution in [0.1, 0.15) is 16.1 Å². The van der Waals surface area contributed by atoms with Crippen LogP contribution in [0.3, 0.4) is 0 Å². The molecule has 0 bridgehead atoms. The summed E-state index contributed by atoms with van der Waals surface area (Å²) in [5, 5.41) is 13.7. The Morgan fingerprint density at radius 3 is 2.76 bits per heavy atom. The molecular weight excluding hydrogens is 362 g/mol. The number of nitrogens with one attached hydrogen (secondary N) is 1. The molecule has 2 aromatic rings. The van der Waals surface area contributed by atoms with Gasteiger partial charge in [-0.15, -0.1) is 0 Å². The number of halogens is 2. The molecule has 0 aliphatic rings. The Kier molecular flexibility index (Phi) is 4.54. The van der Waals surface area contributed by atoms with Crippen LogP contribution in [0.4, 0.5) is 11.4 Å². The molecule has 0 saturated carbocycles. The van der Waals surface area contributed by atoms with E-state index in [0.29, 0.717) is 15.7 Å². The Labute approximate surface area is 133 Å². The van der Waals surface area contributed by atoms with Gasteiger partial charge in [-0.05, 0) is 41.1 Å². The highest BCUT2D eigenvalue weighted by atomic mass is 79.9. The molecule has 0 saturated heterocycles. The summed E-state index contributed by atoms with van der Waals surface area (Å²) in [5.74, 6) is -0.503. The van der Waals surface area contributed by atoms with Crippen LogP contribution in [-0.4, -0.2) is 15.8 Å². The fourth-order valence-corrected chi connectivity index (χ4v) is 2.40. The minimum atomic E-state index is -0.505. The predicted octanol–water partition coefficient (Wildman–Crippen LogP) is 3.97. The Bertz CT molecular complexity index is 737. The lowest BCUT2D eigenvalue weighted by atomic mass is 10.2. The predicted molar refractivity (Wildman–Crippen MR) is 82.7 cm³/mol. The van der Waals surface area contributed by atoms with Gasteiger partial charge in [0.15, 0.2) is 0 Å². The normalized spacial score (nSPS) is 10.2. The topological polar surface area (TPSA) is 85.1 Å². The first-order valence-corrected chi connectivity index (χ1v) is 6.94. The number of pyridine rings is 1. The van der Waals surface area contributed by atoms with Gasteiger partial charge in [0, 0.05) is 16.1 Å². The number of hydrogen-bond acceptors (Lipinski definition) is 4. The zero-order valence-corrected chi connectivity index (χ0v) is 13.1. The highest BCUT2D eigenvalue weighted by molar-refractivity contribution is 9.10. The van der Waals surface area contributed by atoms with Crippen LogP contribution in [-0.2, 0) is 0 Å². The van der Waals surface area contributed by atoms with Crippen molar-refractivity contribution < 1.29 is 9.72 Å². The fraction of sp³-hybridized carbons (Fsp3) is 0.0769. The SMILES string of the molecule is Cc1cc(Br)c(NC(=O)c2cccc(Cl)n2)cc1[N+](=O)[O-]. The van der Waals surface area contributed by atoms with E-state index in [1.54, 1.807) is 25.1 Å². The molecule has 108 valence electrons. The van der Waals surface area contributed by atoms with E-state index in [1.165, 1.54) is 12.1 Å². The third-order valence-corrected chi connectivity index (χ3v) is 3.54. The van der Waals surface area contributed by atoms with E-state index in [2.05, 4.69) is 26.2 Å². The summed E-state index contributed by atoms with van der Waals surface area (Å²) in [6, 6.07) is 7.50. The standard InChI is InChI=1S/C13H9BrClN3O3/c1-7-5-8(14)10(6-11(7)18(20)21)17-13(19)9-3-2-4-12(15)16-9/h2-6H,1H3,(H,17,19). The largest absolute Gasteiger partial charge is 0.319 e. The van der Waals surface area contributed by atoms with Gasteiger partial charge in [-0.2, -0.15) is 0 Å². The number of benzene rings is 1. The van der Waals surface area contributed by atoms with Gasteiger partial charge in [0.05, 0.1) is 10.6 Å². The Morgan fingerprint density at radius 2 is 2.14 bits per heavy atom. The van der Waals surface area contributed by atoms with Gasteiger partial charge in [0.25, 0.3) is 11.6 Å². The van der Waals surface area contributed by atoms with E-state index < -0.39 is 10.8 Å². The van der Waals surface area contributed by atoms with Gasteiger partial charge in [0.1, 0.15) is 10.8 Å². The van der Waals surface area contributed by atoms with Crippen molar-refractivity contribution in [2.75, 3.05) is 5.32 Å². The molecular formula is C13H9BrClN3O3. The zero-order chi connectivity index (χ0) is 15.6. The van der Waals surface area contributed by atoms with E-state index in [4.69, 9.17) is 11.6 Å². The molecule has 0 spiro atoms. The first-order valence-electron chi connectivity index (χ1n) is 5.77. The Hall–Kier alpha value is -1.99. The first kappa shape index (κ1) is 15.4. The van der Waals surface area contributed by atoms with Crippen LogP contribution in [0.2, 0.25) is 5.15 Å². The quantitative estimate of drug-likeness (QED) is 0.503. The number of hydrogen-bond donors (Lipinski definition) is 1. The molecule has 0 fully saturated rings. The molecule has 0 atom stereocenters. The van der Waals surface area contributed by atoms with Crippen LogP contribution in [0.15, 0.2) is 34.8 Å². The molecule has 1 aromatic carbocycles. The minimum absolute atomic E-state index is 0.0763. The zero-order valence-electron chi connectivity index (χ0n) is 10.8. The molecule has 8 heteroatoms. The summed E-state index contributed by atoms with van der Waals surface area (Å²) in [6.07, 6.45) is 0. The van der Waals surface area contributed by atoms with Gasteiger partial charge >= 0.3 is 0 Å². The molecule has 1 amide bonds. The lowest BCUT2D eigenvalue weighted by molar-refractivity contribution is -0.385. The molecule has 0 aliphatic carbocycles. The summed E-state index contributed by atoms with van der Waals surface area (Å²) in [7, 11) is 0. The molecule has 0 aliphatic heterocycles. The van der Waals surface area contributed by atoms with Crippen molar-refractivity contribution in [3.63, 3.8) is 0 Å². The number of amides is 1. The summed E-state index contributed by atoms with van der Waals surface area (Å²) >= 11 is 8.98. The van der Waals surface area contributed by atoms with Gasteiger partial charge in [-0.25, -0.2) is 4.98 Å². The van der Waals surface area contributed by atoms with Gasteiger partial charge in [0.2, 0.25) is 0 Å². The summed E-state index contributed by atoms with van der Waals surface area (Å²) in [4.78, 5) is 26.4. The van der Waals surface area contributed by atoms with Crippen LogP contribution in [0.5, 0.6) is 0 Å². The van der Waals surface area contributed by atoms with Crippen molar-refractivity contribution in [2.24, 2.45) is 0 Å². The van der Waals surface area contributed by atoms with Crippen LogP contribution in [0, 0.1) is 17.0 Å². The summed E-state index contributed by atoms with van der Waals surface area (Å²) < 4.78 is 0.543. The highest BCUT2D eigenvalue weighted by Crippen LogP contribution is 2.30. The van der Waals surface area contributed by atoms with Gasteiger partial charge in [-0.3, -0.25) is 14.9 Å².